The molecule has 8 nitrogen and oxygen atoms in total. The second-order valence-electron chi connectivity index (χ2n) is 6.56. The van der Waals surface area contributed by atoms with Gasteiger partial charge in [-0.15, -0.1) is 0 Å². The van der Waals surface area contributed by atoms with Gasteiger partial charge < -0.3 is 20.5 Å². The van der Waals surface area contributed by atoms with Crippen LogP contribution in [0.25, 0.3) is 11.0 Å². The highest BCUT2D eigenvalue weighted by molar-refractivity contribution is 5.90. The fourth-order valence-corrected chi connectivity index (χ4v) is 3.44. The normalized spacial score (nSPS) is 18.5. The van der Waals surface area contributed by atoms with Gasteiger partial charge in [-0.25, -0.2) is 15.0 Å². The lowest BCUT2D eigenvalue weighted by Gasteiger charge is -2.41. The average molecular weight is 350 g/mol. The quantitative estimate of drug-likeness (QED) is 0.540. The number of pyridine rings is 1. The number of nitrogens with zero attached hydrogens (tertiary/aromatic N) is 6. The molecule has 0 unspecified atom stereocenters. The summed E-state index contributed by atoms with van der Waals surface area (Å²) in [5.41, 5.74) is 9.05. The van der Waals surface area contributed by atoms with Gasteiger partial charge in [-0.05, 0) is 31.5 Å². The topological polar surface area (TPSA) is 99.3 Å². The van der Waals surface area contributed by atoms with Crippen LogP contribution in [0.3, 0.4) is 0 Å². The summed E-state index contributed by atoms with van der Waals surface area (Å²) >= 11 is 0. The van der Waals surface area contributed by atoms with Crippen LogP contribution in [0.2, 0.25) is 0 Å². The zero-order valence-electron chi connectivity index (χ0n) is 14.9. The molecule has 1 aliphatic heterocycles. The summed E-state index contributed by atoms with van der Waals surface area (Å²) in [5, 5.41) is 1.09. The van der Waals surface area contributed by atoms with Crippen LogP contribution < -0.4 is 10.6 Å². The summed E-state index contributed by atoms with van der Waals surface area (Å²) < 4.78 is 0. The first kappa shape index (κ1) is 16.3. The molecule has 134 valence electrons. The van der Waals surface area contributed by atoms with E-state index in [-0.39, 0.29) is 6.04 Å². The molecule has 0 aliphatic carbocycles. The van der Waals surface area contributed by atoms with Gasteiger partial charge in [-0.3, -0.25) is 4.98 Å². The molecular weight excluding hydrogens is 328 g/mol. The first-order valence-corrected chi connectivity index (χ1v) is 8.68. The van der Waals surface area contributed by atoms with Crippen LogP contribution >= 0.6 is 0 Å². The number of rotatable bonds is 2. The van der Waals surface area contributed by atoms with Gasteiger partial charge in [0.05, 0.1) is 17.3 Å². The van der Waals surface area contributed by atoms with Crippen LogP contribution in [0.15, 0.2) is 42.0 Å². The third-order valence-electron chi connectivity index (χ3n) is 4.76. The summed E-state index contributed by atoms with van der Waals surface area (Å²) in [6.45, 7) is 6.65. The number of fused-ring (bicyclic) bond motifs is 1. The number of nitrogens with one attached hydrogen (secondary N) is 1. The second-order valence-corrected chi connectivity index (χ2v) is 6.56. The zero-order valence-corrected chi connectivity index (χ0v) is 14.9. The van der Waals surface area contributed by atoms with E-state index in [4.69, 9.17) is 5.73 Å². The van der Waals surface area contributed by atoms with Crippen molar-refractivity contribution in [2.45, 2.75) is 19.9 Å². The van der Waals surface area contributed by atoms with E-state index in [0.29, 0.717) is 5.96 Å². The van der Waals surface area contributed by atoms with Crippen LogP contribution in [0, 0.1) is 6.92 Å². The highest BCUT2D eigenvalue weighted by Crippen LogP contribution is 2.27. The van der Waals surface area contributed by atoms with Crippen molar-refractivity contribution < 1.29 is 0 Å². The molecule has 8 heteroatoms. The van der Waals surface area contributed by atoms with E-state index < -0.39 is 0 Å². The molecule has 0 saturated carbocycles. The minimum absolute atomic E-state index is 0.216. The van der Waals surface area contributed by atoms with E-state index in [1.165, 1.54) is 0 Å². The number of anilines is 1. The van der Waals surface area contributed by atoms with Gasteiger partial charge in [-0.1, -0.05) is 0 Å². The van der Waals surface area contributed by atoms with Crippen molar-refractivity contribution in [3.8, 4) is 0 Å². The highest BCUT2D eigenvalue weighted by Gasteiger charge is 2.27. The van der Waals surface area contributed by atoms with Crippen molar-refractivity contribution in [1.29, 1.82) is 0 Å². The molecule has 4 heterocycles. The molecule has 0 spiro atoms. The van der Waals surface area contributed by atoms with Crippen LogP contribution in [0.4, 0.5) is 11.5 Å². The van der Waals surface area contributed by atoms with E-state index in [1.54, 1.807) is 18.7 Å². The Morgan fingerprint density at radius 3 is 3.00 bits per heavy atom. The van der Waals surface area contributed by atoms with Crippen molar-refractivity contribution >= 4 is 28.5 Å². The van der Waals surface area contributed by atoms with Gasteiger partial charge >= 0.3 is 0 Å². The van der Waals surface area contributed by atoms with E-state index in [9.17, 15) is 0 Å². The Morgan fingerprint density at radius 1 is 1.35 bits per heavy atom. The number of aromatic nitrogens is 4. The average Bonchev–Trinajstić information content (AvgIpc) is 3.04. The number of hydrogen-bond acceptors (Lipinski definition) is 5. The maximum atomic E-state index is 6.25. The van der Waals surface area contributed by atoms with E-state index >= 15 is 0 Å². The Balaban J connectivity index is 1.55. The minimum atomic E-state index is 0.216. The molecule has 0 amide bonds. The Hall–Kier alpha value is -3.16. The molecule has 26 heavy (non-hydrogen) atoms. The van der Waals surface area contributed by atoms with Crippen molar-refractivity contribution in [3.05, 3.63) is 42.6 Å². The lowest BCUT2D eigenvalue weighted by molar-refractivity contribution is 0.294. The van der Waals surface area contributed by atoms with Crippen LogP contribution in [-0.2, 0) is 0 Å². The van der Waals surface area contributed by atoms with Gasteiger partial charge in [0.25, 0.3) is 0 Å². The predicted octanol–water partition coefficient (Wildman–Crippen LogP) is 1.82. The molecule has 1 saturated heterocycles. The van der Waals surface area contributed by atoms with Gasteiger partial charge in [0.1, 0.15) is 17.8 Å². The minimum Gasteiger partial charge on any atom is -0.369 e. The van der Waals surface area contributed by atoms with Crippen LogP contribution in [0.1, 0.15) is 12.5 Å². The van der Waals surface area contributed by atoms with Crippen molar-refractivity contribution in [2.24, 2.45) is 10.7 Å². The number of aryl methyl sites for hydroxylation is 1. The van der Waals surface area contributed by atoms with Gasteiger partial charge in [0.15, 0.2) is 5.96 Å². The Bertz CT molecular complexity index is 933. The molecule has 1 fully saturated rings. The second kappa shape index (κ2) is 6.62. The number of hydrogen-bond donors (Lipinski definition) is 2. The van der Waals surface area contributed by atoms with E-state index in [0.717, 1.165) is 47.7 Å². The van der Waals surface area contributed by atoms with Crippen LogP contribution in [-0.4, -0.2) is 56.5 Å². The molecule has 0 bridgehead atoms. The first-order chi connectivity index (χ1) is 12.6. The first-order valence-electron chi connectivity index (χ1n) is 8.68. The number of aliphatic imine (C=N–C) groups is 1. The summed E-state index contributed by atoms with van der Waals surface area (Å²) in [5.74, 6) is 1.50. The Morgan fingerprint density at radius 2 is 2.23 bits per heavy atom. The molecule has 4 rings (SSSR count). The molecule has 3 aromatic heterocycles. The van der Waals surface area contributed by atoms with Crippen molar-refractivity contribution in [1.82, 2.24) is 24.8 Å². The highest BCUT2D eigenvalue weighted by atomic mass is 15.4. The fourth-order valence-electron chi connectivity index (χ4n) is 3.44. The smallest absolute Gasteiger partial charge is 0.196 e. The fraction of sp³-hybridized carbons (Fsp3) is 0.333. The number of H-pyrrole nitrogens is 1. The van der Waals surface area contributed by atoms with Gasteiger partial charge in [0, 0.05) is 38.1 Å². The lowest BCUT2D eigenvalue weighted by Crippen LogP contribution is -2.56. The largest absolute Gasteiger partial charge is 0.369 e. The van der Waals surface area contributed by atoms with E-state index in [1.807, 2.05) is 18.3 Å². The summed E-state index contributed by atoms with van der Waals surface area (Å²) in [6.07, 6.45) is 7.02. The Labute approximate surface area is 151 Å². The third kappa shape index (κ3) is 2.94. The molecular formula is C18H22N8. The van der Waals surface area contributed by atoms with Crippen molar-refractivity contribution in [2.75, 3.05) is 24.5 Å². The molecule has 1 aliphatic rings. The monoisotopic (exact) mass is 350 g/mol. The number of piperazine rings is 1. The molecule has 0 aromatic carbocycles. The third-order valence-corrected chi connectivity index (χ3v) is 4.76. The van der Waals surface area contributed by atoms with E-state index in [2.05, 4.69) is 48.6 Å². The number of aromatic amines is 1. The molecule has 1 atom stereocenters. The molecule has 3 aromatic rings. The molecule has 0 radical (unpaired) electrons. The van der Waals surface area contributed by atoms with Crippen LogP contribution in [0.5, 0.6) is 0 Å². The standard InChI is InChI=1S/C18H22N8/c1-12-8-21-16-15(12)17(23-11-22-16)25-6-7-26(13(2)10-25)18(19)24-14-4-3-5-20-9-14/h3-5,8-9,11,13H,6-7,10H2,1-2H3,(H2,19,24)(H,21,22,23)/t13-/m0/s1. The maximum absolute atomic E-state index is 6.25. The number of nitrogens with two attached hydrogens (primary N) is 1. The summed E-state index contributed by atoms with van der Waals surface area (Å²) in [4.78, 5) is 25.1. The Kier molecular flexibility index (Phi) is 4.16. The number of guanidine groups is 1. The lowest BCUT2D eigenvalue weighted by atomic mass is 10.1. The molecule has 3 N–H and O–H groups in total. The van der Waals surface area contributed by atoms with Gasteiger partial charge in [-0.2, -0.15) is 0 Å². The van der Waals surface area contributed by atoms with Crippen molar-refractivity contribution in [3.63, 3.8) is 0 Å². The SMILES string of the molecule is Cc1c[nH]c2ncnc(N3CCN(C(N)=Nc4cccnc4)[C@@H](C)C3)c12. The zero-order chi connectivity index (χ0) is 18.1. The summed E-state index contributed by atoms with van der Waals surface area (Å²) in [7, 11) is 0. The maximum Gasteiger partial charge on any atom is 0.196 e. The predicted molar refractivity (Wildman–Crippen MR) is 103 cm³/mol. The van der Waals surface area contributed by atoms with Gasteiger partial charge in [0.2, 0.25) is 0 Å². The summed E-state index contributed by atoms with van der Waals surface area (Å²) in [6, 6.07) is 3.97.